The average Bonchev–Trinajstić information content (AvgIpc) is 3.19. The number of furan rings is 1. The topological polar surface area (TPSA) is 31.0 Å². The number of nitrogens with zero attached hydrogens (tertiary/aromatic N) is 2. The van der Waals surface area contributed by atoms with E-state index in [-0.39, 0.29) is 0 Å². The zero-order chi connectivity index (χ0) is 19.0. The van der Waals surface area contributed by atoms with Gasteiger partial charge in [-0.05, 0) is 85.5 Å². The van der Waals surface area contributed by atoms with Crippen molar-refractivity contribution in [3.8, 4) is 0 Å². The number of aryl methyl sites for hydroxylation is 3. The highest BCUT2D eigenvalue weighted by atomic mass is 35.5. The Morgan fingerprint density at radius 1 is 0.963 bits per heavy atom. The highest BCUT2D eigenvalue weighted by Crippen LogP contribution is 2.24. The van der Waals surface area contributed by atoms with E-state index >= 15 is 0 Å². The Hall–Kier alpha value is -2.78. The van der Waals surface area contributed by atoms with E-state index in [4.69, 9.17) is 21.0 Å². The van der Waals surface area contributed by atoms with E-state index < -0.39 is 0 Å². The van der Waals surface area contributed by atoms with Crippen LogP contribution in [0.1, 0.15) is 33.8 Å². The monoisotopic (exact) mass is 376 g/mol. The summed E-state index contributed by atoms with van der Waals surface area (Å²) in [6.07, 6.45) is 5.71. The molecule has 0 radical (unpaired) electrons. The molecule has 136 valence electrons. The highest BCUT2D eigenvalue weighted by Gasteiger charge is 2.11. The van der Waals surface area contributed by atoms with Crippen molar-refractivity contribution in [2.24, 2.45) is 0 Å². The maximum atomic E-state index is 6.04. The zero-order valence-electron chi connectivity index (χ0n) is 15.7. The van der Waals surface area contributed by atoms with Crippen molar-refractivity contribution in [3.05, 3.63) is 87.6 Å². The Morgan fingerprint density at radius 3 is 2.41 bits per heavy atom. The molecule has 0 amide bonds. The lowest BCUT2D eigenvalue weighted by Gasteiger charge is -2.09. The van der Waals surface area contributed by atoms with E-state index in [0.717, 1.165) is 39.7 Å². The van der Waals surface area contributed by atoms with E-state index in [9.17, 15) is 0 Å². The molecule has 0 saturated heterocycles. The summed E-state index contributed by atoms with van der Waals surface area (Å²) >= 11 is 6.04. The minimum atomic E-state index is 0.729. The van der Waals surface area contributed by atoms with Gasteiger partial charge in [0.2, 0.25) is 0 Å². The number of hydrogen-bond donors (Lipinski definition) is 0. The van der Waals surface area contributed by atoms with Crippen molar-refractivity contribution in [2.75, 3.05) is 0 Å². The Morgan fingerprint density at radius 2 is 1.70 bits per heavy atom. The summed E-state index contributed by atoms with van der Waals surface area (Å²) in [6, 6.07) is 14.3. The predicted molar refractivity (Wildman–Crippen MR) is 112 cm³/mol. The van der Waals surface area contributed by atoms with E-state index in [1.807, 2.05) is 37.3 Å². The molecule has 4 aromatic rings. The second-order valence-electron chi connectivity index (χ2n) is 6.91. The summed E-state index contributed by atoms with van der Waals surface area (Å²) in [6.45, 7) is 7.02. The molecule has 0 unspecified atom stereocenters. The molecule has 2 aromatic heterocycles. The van der Waals surface area contributed by atoms with E-state index in [1.54, 1.807) is 6.26 Å². The van der Waals surface area contributed by atoms with Gasteiger partial charge in [-0.1, -0.05) is 23.7 Å². The maximum Gasteiger partial charge on any atom is 0.134 e. The maximum absolute atomic E-state index is 6.04. The first kappa shape index (κ1) is 17.6. The summed E-state index contributed by atoms with van der Waals surface area (Å²) in [5, 5.41) is 0.745. The molecule has 4 rings (SSSR count). The smallest absolute Gasteiger partial charge is 0.134 e. The molecule has 0 aliphatic rings. The van der Waals surface area contributed by atoms with Gasteiger partial charge in [0.15, 0.2) is 0 Å². The number of hydrogen-bond acceptors (Lipinski definition) is 2. The molecular weight excluding hydrogens is 356 g/mol. The number of rotatable bonds is 4. The van der Waals surface area contributed by atoms with Crippen molar-refractivity contribution in [1.29, 1.82) is 0 Å². The standard InChI is InChI=1S/C23H21ClN2O/c1-15-10-11-27-22(15)8-9-23-25-20-12-16(2)17(3)13-21(20)26(23)14-18-4-6-19(24)7-5-18/h4-13H,14H2,1-3H3/b9-8+. The van der Waals surface area contributed by atoms with Gasteiger partial charge in [-0.25, -0.2) is 4.98 Å². The minimum Gasteiger partial charge on any atom is -0.465 e. The van der Waals surface area contributed by atoms with Gasteiger partial charge < -0.3 is 8.98 Å². The molecule has 4 heteroatoms. The Bertz CT molecular complexity index is 1130. The van der Waals surface area contributed by atoms with Crippen LogP contribution in [0.25, 0.3) is 23.2 Å². The van der Waals surface area contributed by atoms with Gasteiger partial charge in [-0.3, -0.25) is 0 Å². The third-order valence-electron chi connectivity index (χ3n) is 4.93. The van der Waals surface area contributed by atoms with Crippen molar-refractivity contribution in [1.82, 2.24) is 9.55 Å². The van der Waals surface area contributed by atoms with Gasteiger partial charge in [0.05, 0.1) is 17.3 Å². The third kappa shape index (κ3) is 3.56. The molecule has 0 N–H and O–H groups in total. The van der Waals surface area contributed by atoms with Crippen LogP contribution in [0, 0.1) is 20.8 Å². The van der Waals surface area contributed by atoms with Crippen molar-refractivity contribution < 1.29 is 4.42 Å². The molecule has 27 heavy (non-hydrogen) atoms. The molecular formula is C23H21ClN2O. The molecule has 0 aliphatic carbocycles. The molecule has 0 spiro atoms. The molecule has 0 atom stereocenters. The zero-order valence-corrected chi connectivity index (χ0v) is 16.4. The van der Waals surface area contributed by atoms with Crippen LogP contribution in [-0.2, 0) is 6.54 Å². The molecule has 2 heterocycles. The van der Waals surface area contributed by atoms with Crippen molar-refractivity contribution in [3.63, 3.8) is 0 Å². The third-order valence-corrected chi connectivity index (χ3v) is 5.18. The quantitative estimate of drug-likeness (QED) is 0.411. The first-order valence-electron chi connectivity index (χ1n) is 8.95. The van der Waals surface area contributed by atoms with Crippen LogP contribution >= 0.6 is 11.6 Å². The lowest BCUT2D eigenvalue weighted by atomic mass is 10.1. The normalized spacial score (nSPS) is 11.7. The van der Waals surface area contributed by atoms with Crippen LogP contribution < -0.4 is 0 Å². The molecule has 0 bridgehead atoms. The summed E-state index contributed by atoms with van der Waals surface area (Å²) in [5.41, 5.74) is 6.93. The molecule has 3 nitrogen and oxygen atoms in total. The van der Waals surface area contributed by atoms with E-state index in [1.165, 1.54) is 16.7 Å². The Labute approximate surface area is 163 Å². The van der Waals surface area contributed by atoms with Gasteiger partial charge in [0, 0.05) is 11.6 Å². The summed E-state index contributed by atoms with van der Waals surface area (Å²) in [4.78, 5) is 4.87. The van der Waals surface area contributed by atoms with E-state index in [0.29, 0.717) is 0 Å². The fraction of sp³-hybridized carbons (Fsp3) is 0.174. The van der Waals surface area contributed by atoms with Crippen LogP contribution in [0.15, 0.2) is 53.1 Å². The fourth-order valence-corrected chi connectivity index (χ4v) is 3.30. The number of benzene rings is 2. The first-order valence-corrected chi connectivity index (χ1v) is 9.33. The van der Waals surface area contributed by atoms with Crippen LogP contribution in [-0.4, -0.2) is 9.55 Å². The average molecular weight is 377 g/mol. The molecule has 0 saturated carbocycles. The van der Waals surface area contributed by atoms with Crippen molar-refractivity contribution >= 4 is 34.8 Å². The van der Waals surface area contributed by atoms with Gasteiger partial charge in [-0.2, -0.15) is 0 Å². The van der Waals surface area contributed by atoms with Crippen LogP contribution in [0.5, 0.6) is 0 Å². The van der Waals surface area contributed by atoms with E-state index in [2.05, 4.69) is 42.7 Å². The Kier molecular flexibility index (Phi) is 4.63. The van der Waals surface area contributed by atoms with Crippen LogP contribution in [0.3, 0.4) is 0 Å². The second-order valence-corrected chi connectivity index (χ2v) is 7.35. The summed E-state index contributed by atoms with van der Waals surface area (Å²) < 4.78 is 7.77. The largest absolute Gasteiger partial charge is 0.465 e. The lowest BCUT2D eigenvalue weighted by Crippen LogP contribution is -2.02. The lowest BCUT2D eigenvalue weighted by molar-refractivity contribution is 0.555. The van der Waals surface area contributed by atoms with Gasteiger partial charge in [0.25, 0.3) is 0 Å². The van der Waals surface area contributed by atoms with Gasteiger partial charge in [0.1, 0.15) is 11.6 Å². The van der Waals surface area contributed by atoms with Crippen LogP contribution in [0.2, 0.25) is 5.02 Å². The second kappa shape index (κ2) is 7.09. The van der Waals surface area contributed by atoms with Crippen LogP contribution in [0.4, 0.5) is 0 Å². The van der Waals surface area contributed by atoms with Gasteiger partial charge >= 0.3 is 0 Å². The van der Waals surface area contributed by atoms with Gasteiger partial charge in [-0.15, -0.1) is 0 Å². The number of halogens is 1. The van der Waals surface area contributed by atoms with Crippen molar-refractivity contribution in [2.45, 2.75) is 27.3 Å². The Balaban J connectivity index is 1.82. The highest BCUT2D eigenvalue weighted by molar-refractivity contribution is 6.30. The summed E-state index contributed by atoms with van der Waals surface area (Å²) in [5.74, 6) is 1.76. The SMILES string of the molecule is Cc1cc2nc(/C=C/c3occc3C)n(Cc3ccc(Cl)cc3)c2cc1C. The summed E-state index contributed by atoms with van der Waals surface area (Å²) in [7, 11) is 0. The number of fused-ring (bicyclic) bond motifs is 1. The molecule has 2 aromatic carbocycles. The molecule has 0 aliphatic heterocycles. The predicted octanol–water partition coefficient (Wildman–Crippen LogP) is 6.43. The fourth-order valence-electron chi connectivity index (χ4n) is 3.17. The number of imidazole rings is 1. The molecule has 0 fully saturated rings. The first-order chi connectivity index (χ1) is 13.0. The minimum absolute atomic E-state index is 0.729. The number of aromatic nitrogens is 2.